The number of benzene rings is 2. The molecule has 2 aromatic carbocycles. The average Bonchev–Trinajstić information content (AvgIpc) is 3.01. The Balaban J connectivity index is 2.06. The fourth-order valence-corrected chi connectivity index (χ4v) is 4.38. The van der Waals surface area contributed by atoms with Crippen LogP contribution in [0.3, 0.4) is 0 Å². The minimum atomic E-state index is -0.494. The van der Waals surface area contributed by atoms with Gasteiger partial charge in [-0.3, -0.25) is 14.5 Å². The van der Waals surface area contributed by atoms with E-state index in [2.05, 4.69) is 5.32 Å². The summed E-state index contributed by atoms with van der Waals surface area (Å²) >= 11 is 1.28. The van der Waals surface area contributed by atoms with Crippen LogP contribution in [0.2, 0.25) is 0 Å². The van der Waals surface area contributed by atoms with Gasteiger partial charge in [-0.25, -0.2) is 0 Å². The minimum absolute atomic E-state index is 0.0475. The molecule has 0 aliphatic carbocycles. The Morgan fingerprint density at radius 1 is 1.18 bits per heavy atom. The Hall–Kier alpha value is -3.04. The third-order valence-electron chi connectivity index (χ3n) is 4.69. The molecular weight excluding hydrogens is 370 g/mol. The number of hydrogen-bond acceptors (Lipinski definition) is 4. The van der Waals surface area contributed by atoms with Gasteiger partial charge in [0, 0.05) is 12.7 Å². The Morgan fingerprint density at radius 3 is 2.46 bits per heavy atom. The van der Waals surface area contributed by atoms with Crippen molar-refractivity contribution in [1.82, 2.24) is 5.32 Å². The van der Waals surface area contributed by atoms with Crippen LogP contribution in [0.5, 0.6) is 0 Å². The second-order valence-electron chi connectivity index (χ2n) is 6.62. The minimum Gasteiger partial charge on any atom is -0.354 e. The summed E-state index contributed by atoms with van der Waals surface area (Å²) in [5.41, 5.74) is 3.87. The fourth-order valence-electron chi connectivity index (χ4n) is 3.08. The lowest BCUT2D eigenvalue weighted by atomic mass is 10.0. The van der Waals surface area contributed by atoms with E-state index in [4.69, 9.17) is 0 Å². The normalized spacial score (nSPS) is 18.0. The molecule has 2 amide bonds. The molecule has 3 rings (SSSR count). The van der Waals surface area contributed by atoms with Crippen LogP contribution in [0.4, 0.5) is 5.69 Å². The molecule has 0 bridgehead atoms. The third-order valence-corrected chi connectivity index (χ3v) is 5.95. The van der Waals surface area contributed by atoms with Crippen molar-refractivity contribution in [3.8, 4) is 6.07 Å². The second-order valence-corrected chi connectivity index (χ2v) is 7.81. The standard InChI is InChI=1S/C22H21N3O2S/c1-14-8-10-17(11-9-14)25-21(27)19(12-16-7-5-4-6-15(16)2)28-22(25)18(13-23)20(26)24-3/h4-11,19H,12H2,1-3H3,(H,24,26)/b22-18-/t19-/m0/s1. The Kier molecular flexibility index (Phi) is 5.86. The highest BCUT2D eigenvalue weighted by molar-refractivity contribution is 8.05. The van der Waals surface area contributed by atoms with Crippen LogP contribution in [0.25, 0.3) is 0 Å². The largest absolute Gasteiger partial charge is 0.354 e. The number of nitriles is 1. The predicted molar refractivity (Wildman–Crippen MR) is 112 cm³/mol. The van der Waals surface area contributed by atoms with E-state index in [0.29, 0.717) is 17.1 Å². The number of carbonyl (C=O) groups excluding carboxylic acids is 2. The molecule has 0 radical (unpaired) electrons. The van der Waals surface area contributed by atoms with Crippen molar-refractivity contribution >= 4 is 29.3 Å². The molecule has 28 heavy (non-hydrogen) atoms. The molecule has 1 heterocycles. The first-order chi connectivity index (χ1) is 13.5. The summed E-state index contributed by atoms with van der Waals surface area (Å²) in [6.45, 7) is 3.98. The average molecular weight is 391 g/mol. The van der Waals surface area contributed by atoms with Crippen LogP contribution in [0.1, 0.15) is 16.7 Å². The lowest BCUT2D eigenvalue weighted by Crippen LogP contribution is -2.31. The van der Waals surface area contributed by atoms with Crippen LogP contribution < -0.4 is 10.2 Å². The lowest BCUT2D eigenvalue weighted by molar-refractivity contribution is -0.117. The summed E-state index contributed by atoms with van der Waals surface area (Å²) in [7, 11) is 1.47. The van der Waals surface area contributed by atoms with Gasteiger partial charge in [-0.1, -0.05) is 53.7 Å². The number of likely N-dealkylation sites (N-methyl/N-ethyl adjacent to an activating group) is 1. The zero-order valence-electron chi connectivity index (χ0n) is 16.0. The topological polar surface area (TPSA) is 73.2 Å². The molecule has 1 atom stereocenters. The maximum Gasteiger partial charge on any atom is 0.264 e. The van der Waals surface area contributed by atoms with E-state index in [-0.39, 0.29) is 11.5 Å². The molecule has 0 spiro atoms. The highest BCUT2D eigenvalue weighted by atomic mass is 32.2. The molecule has 5 nitrogen and oxygen atoms in total. The number of anilines is 1. The van der Waals surface area contributed by atoms with E-state index in [0.717, 1.165) is 16.7 Å². The van der Waals surface area contributed by atoms with Crippen LogP contribution in [-0.4, -0.2) is 24.1 Å². The van der Waals surface area contributed by atoms with Crippen LogP contribution in [0.15, 0.2) is 59.1 Å². The Bertz CT molecular complexity index is 990. The molecule has 142 valence electrons. The van der Waals surface area contributed by atoms with Gasteiger partial charge in [0.25, 0.3) is 5.91 Å². The van der Waals surface area contributed by atoms with E-state index in [9.17, 15) is 14.9 Å². The maximum atomic E-state index is 13.3. The highest BCUT2D eigenvalue weighted by Crippen LogP contribution is 2.42. The predicted octanol–water partition coefficient (Wildman–Crippen LogP) is 3.48. The molecule has 0 unspecified atom stereocenters. The molecule has 1 aliphatic heterocycles. The summed E-state index contributed by atoms with van der Waals surface area (Å²) < 4.78 is 0. The molecule has 2 aromatic rings. The SMILES string of the molecule is CNC(=O)/C(C#N)=C1\S[C@@H](Cc2ccccc2C)C(=O)N1c1ccc(C)cc1. The number of hydrogen-bond donors (Lipinski definition) is 1. The first-order valence-corrected chi connectivity index (χ1v) is 9.82. The highest BCUT2D eigenvalue weighted by Gasteiger charge is 2.40. The molecule has 1 aliphatic rings. The van der Waals surface area contributed by atoms with Gasteiger partial charge < -0.3 is 5.32 Å². The molecule has 0 aromatic heterocycles. The van der Waals surface area contributed by atoms with Gasteiger partial charge in [-0.2, -0.15) is 5.26 Å². The van der Waals surface area contributed by atoms with Gasteiger partial charge in [-0.15, -0.1) is 0 Å². The summed E-state index contributed by atoms with van der Waals surface area (Å²) in [5.74, 6) is -0.616. The molecule has 1 N–H and O–H groups in total. The molecule has 1 saturated heterocycles. The Labute approximate surface area is 169 Å². The number of amides is 2. The van der Waals surface area contributed by atoms with Gasteiger partial charge in [-0.05, 0) is 43.5 Å². The van der Waals surface area contributed by atoms with Gasteiger partial charge in [0.2, 0.25) is 5.91 Å². The van der Waals surface area contributed by atoms with Crippen LogP contribution >= 0.6 is 11.8 Å². The number of carbonyl (C=O) groups is 2. The third kappa shape index (κ3) is 3.80. The monoisotopic (exact) mass is 391 g/mol. The number of rotatable bonds is 4. The van der Waals surface area contributed by atoms with Gasteiger partial charge >= 0.3 is 0 Å². The first-order valence-electron chi connectivity index (χ1n) is 8.94. The summed E-state index contributed by atoms with van der Waals surface area (Å²) in [4.78, 5) is 27.0. The molecule has 0 saturated carbocycles. The Morgan fingerprint density at radius 2 is 1.86 bits per heavy atom. The molecule has 1 fully saturated rings. The number of aryl methyl sites for hydroxylation is 2. The number of thioether (sulfide) groups is 1. The van der Waals surface area contributed by atoms with Crippen molar-refractivity contribution < 1.29 is 9.59 Å². The van der Waals surface area contributed by atoms with Crippen LogP contribution in [-0.2, 0) is 16.0 Å². The molecule has 6 heteroatoms. The number of nitrogens with zero attached hydrogens (tertiary/aromatic N) is 2. The number of nitrogens with one attached hydrogen (secondary N) is 1. The van der Waals surface area contributed by atoms with Crippen molar-refractivity contribution in [3.05, 3.63) is 75.8 Å². The van der Waals surface area contributed by atoms with Crippen molar-refractivity contribution in [2.75, 3.05) is 11.9 Å². The van der Waals surface area contributed by atoms with Crippen molar-refractivity contribution in [2.45, 2.75) is 25.5 Å². The van der Waals surface area contributed by atoms with Gasteiger partial charge in [0.15, 0.2) is 0 Å². The van der Waals surface area contributed by atoms with Crippen LogP contribution in [0, 0.1) is 25.2 Å². The smallest absolute Gasteiger partial charge is 0.264 e. The summed E-state index contributed by atoms with van der Waals surface area (Å²) in [6.07, 6.45) is 0.536. The second kappa shape index (κ2) is 8.32. The zero-order chi connectivity index (χ0) is 20.3. The quantitative estimate of drug-likeness (QED) is 0.640. The fraction of sp³-hybridized carbons (Fsp3) is 0.227. The van der Waals surface area contributed by atoms with Gasteiger partial charge in [0.1, 0.15) is 16.7 Å². The lowest BCUT2D eigenvalue weighted by Gasteiger charge is -2.18. The van der Waals surface area contributed by atoms with E-state index in [1.165, 1.54) is 23.7 Å². The first kappa shape index (κ1) is 19.7. The van der Waals surface area contributed by atoms with E-state index < -0.39 is 11.2 Å². The van der Waals surface area contributed by atoms with Crippen molar-refractivity contribution in [3.63, 3.8) is 0 Å². The zero-order valence-corrected chi connectivity index (χ0v) is 16.8. The summed E-state index contributed by atoms with van der Waals surface area (Å²) in [5, 5.41) is 12.1. The van der Waals surface area contributed by atoms with Crippen molar-refractivity contribution in [1.29, 1.82) is 5.26 Å². The summed E-state index contributed by atoms with van der Waals surface area (Å²) in [6, 6.07) is 17.4. The van der Waals surface area contributed by atoms with Crippen molar-refractivity contribution in [2.24, 2.45) is 0 Å². The van der Waals surface area contributed by atoms with E-state index in [1.54, 1.807) is 0 Å². The van der Waals surface area contributed by atoms with Gasteiger partial charge in [0.05, 0.1) is 5.25 Å². The maximum absolute atomic E-state index is 13.3. The molecular formula is C22H21N3O2S. The van der Waals surface area contributed by atoms with E-state index in [1.807, 2.05) is 68.4 Å². The van der Waals surface area contributed by atoms with E-state index >= 15 is 0 Å².